The predicted molar refractivity (Wildman–Crippen MR) is 83.6 cm³/mol. The summed E-state index contributed by atoms with van der Waals surface area (Å²) in [6.45, 7) is 4.06. The number of benzene rings is 1. The summed E-state index contributed by atoms with van der Waals surface area (Å²) in [7, 11) is 0. The predicted octanol–water partition coefficient (Wildman–Crippen LogP) is 3.59. The van der Waals surface area contributed by atoms with Gasteiger partial charge in [-0.3, -0.25) is 4.79 Å². The van der Waals surface area contributed by atoms with E-state index >= 15 is 0 Å². The molecule has 0 aliphatic rings. The number of nitrogens with zero attached hydrogens (tertiary/aromatic N) is 1. The molecule has 1 aromatic carbocycles. The Bertz CT molecular complexity index is 849. The van der Waals surface area contributed by atoms with Crippen LogP contribution in [0.1, 0.15) is 28.8 Å². The molecule has 5 heteroatoms. The summed E-state index contributed by atoms with van der Waals surface area (Å²) in [6.07, 6.45) is 1.32. The number of hydrogen-bond donors (Lipinski definition) is 1. The number of fused-ring (bicyclic) bond motifs is 1. The lowest BCUT2D eigenvalue weighted by atomic mass is 10.1. The molecule has 0 aliphatic carbocycles. The Morgan fingerprint density at radius 3 is 2.67 bits per heavy atom. The van der Waals surface area contributed by atoms with Gasteiger partial charge in [0.15, 0.2) is 0 Å². The third-order valence-electron chi connectivity index (χ3n) is 3.55. The minimum Gasteiger partial charge on any atom is -0.310 e. The van der Waals surface area contributed by atoms with Crippen molar-refractivity contribution >= 4 is 21.6 Å². The first kappa shape index (κ1) is 13.9. The van der Waals surface area contributed by atoms with Gasteiger partial charge < -0.3 is 4.98 Å². The Labute approximate surface area is 125 Å². The van der Waals surface area contributed by atoms with E-state index in [0.29, 0.717) is 17.6 Å². The van der Waals surface area contributed by atoms with E-state index in [0.717, 1.165) is 27.3 Å². The van der Waals surface area contributed by atoms with Crippen LogP contribution in [0, 0.1) is 12.7 Å². The molecule has 0 atom stereocenters. The summed E-state index contributed by atoms with van der Waals surface area (Å²) in [5.74, 6) is 0.347. The lowest BCUT2D eigenvalue weighted by Gasteiger charge is -2.02. The van der Waals surface area contributed by atoms with Gasteiger partial charge in [-0.05, 0) is 36.6 Å². The highest BCUT2D eigenvalue weighted by Crippen LogP contribution is 2.27. The second-order valence-corrected chi connectivity index (χ2v) is 6.19. The molecule has 21 heavy (non-hydrogen) atoms. The fourth-order valence-electron chi connectivity index (χ4n) is 2.52. The Morgan fingerprint density at radius 1 is 1.29 bits per heavy atom. The van der Waals surface area contributed by atoms with Gasteiger partial charge >= 0.3 is 0 Å². The first-order valence-corrected chi connectivity index (χ1v) is 7.65. The average Bonchev–Trinajstić information content (AvgIpc) is 2.77. The number of halogens is 1. The van der Waals surface area contributed by atoms with Gasteiger partial charge in [-0.15, -0.1) is 11.3 Å². The summed E-state index contributed by atoms with van der Waals surface area (Å²) < 4.78 is 12.9. The SMILES string of the molecule is CCc1c(C)sc2nc(Cc3ccc(F)cc3)[nH]c(=O)c12. The quantitative estimate of drug-likeness (QED) is 0.803. The van der Waals surface area contributed by atoms with Crippen LogP contribution in [-0.4, -0.2) is 9.97 Å². The van der Waals surface area contributed by atoms with Crippen molar-refractivity contribution in [3.63, 3.8) is 0 Å². The van der Waals surface area contributed by atoms with Crippen molar-refractivity contribution in [2.75, 3.05) is 0 Å². The molecule has 0 spiro atoms. The molecule has 0 saturated carbocycles. The molecule has 0 saturated heterocycles. The molecule has 3 aromatic rings. The molecule has 3 nitrogen and oxygen atoms in total. The van der Waals surface area contributed by atoms with Crippen LogP contribution in [0.3, 0.4) is 0 Å². The molecule has 0 radical (unpaired) electrons. The fourth-order valence-corrected chi connectivity index (χ4v) is 3.66. The van der Waals surface area contributed by atoms with E-state index in [1.165, 1.54) is 12.1 Å². The van der Waals surface area contributed by atoms with Gasteiger partial charge in [0.1, 0.15) is 16.5 Å². The maximum absolute atomic E-state index is 12.9. The van der Waals surface area contributed by atoms with Crippen LogP contribution >= 0.6 is 11.3 Å². The van der Waals surface area contributed by atoms with E-state index in [1.54, 1.807) is 23.5 Å². The van der Waals surface area contributed by atoms with Crippen LogP contribution < -0.4 is 5.56 Å². The van der Waals surface area contributed by atoms with Gasteiger partial charge in [0.25, 0.3) is 5.56 Å². The zero-order valence-corrected chi connectivity index (χ0v) is 12.7. The van der Waals surface area contributed by atoms with Crippen LogP contribution in [-0.2, 0) is 12.8 Å². The number of H-pyrrole nitrogens is 1. The standard InChI is InChI=1S/C16H15FN2OS/c1-3-12-9(2)21-16-14(12)15(20)18-13(19-16)8-10-4-6-11(17)7-5-10/h4-7H,3,8H2,1-2H3,(H,18,19,20). The lowest BCUT2D eigenvalue weighted by molar-refractivity contribution is 0.627. The number of nitrogens with one attached hydrogen (secondary N) is 1. The van der Waals surface area contributed by atoms with Gasteiger partial charge in [-0.25, -0.2) is 9.37 Å². The number of aromatic amines is 1. The van der Waals surface area contributed by atoms with Gasteiger partial charge in [-0.2, -0.15) is 0 Å². The molecule has 0 unspecified atom stereocenters. The molecule has 2 heterocycles. The van der Waals surface area contributed by atoms with E-state index in [9.17, 15) is 9.18 Å². The molecule has 0 aliphatic heterocycles. The summed E-state index contributed by atoms with van der Waals surface area (Å²) in [6, 6.07) is 6.24. The van der Waals surface area contributed by atoms with Crippen molar-refractivity contribution in [2.45, 2.75) is 26.7 Å². The van der Waals surface area contributed by atoms with E-state index in [-0.39, 0.29) is 11.4 Å². The summed E-state index contributed by atoms with van der Waals surface area (Å²) in [5, 5.41) is 0.711. The van der Waals surface area contributed by atoms with Crippen molar-refractivity contribution in [1.82, 2.24) is 9.97 Å². The molecule has 0 fully saturated rings. The monoisotopic (exact) mass is 302 g/mol. The second-order valence-electron chi connectivity index (χ2n) is 4.99. The normalized spacial score (nSPS) is 11.2. The van der Waals surface area contributed by atoms with Crippen LogP contribution in [0.4, 0.5) is 4.39 Å². The highest BCUT2D eigenvalue weighted by atomic mass is 32.1. The molecular weight excluding hydrogens is 287 g/mol. The van der Waals surface area contributed by atoms with Crippen LogP contribution in [0.2, 0.25) is 0 Å². The Morgan fingerprint density at radius 2 is 2.00 bits per heavy atom. The summed E-state index contributed by atoms with van der Waals surface area (Å²) in [5.41, 5.74) is 1.92. The third-order valence-corrected chi connectivity index (χ3v) is 4.59. The van der Waals surface area contributed by atoms with Crippen molar-refractivity contribution in [1.29, 1.82) is 0 Å². The first-order valence-electron chi connectivity index (χ1n) is 6.84. The number of hydrogen-bond acceptors (Lipinski definition) is 3. The van der Waals surface area contributed by atoms with Gasteiger partial charge in [-0.1, -0.05) is 19.1 Å². The molecular formula is C16H15FN2OS. The summed E-state index contributed by atoms with van der Waals surface area (Å²) in [4.78, 5) is 21.6. The van der Waals surface area contributed by atoms with Gasteiger partial charge in [0.2, 0.25) is 0 Å². The highest BCUT2D eigenvalue weighted by molar-refractivity contribution is 7.18. The Hall–Kier alpha value is -2.01. The number of aryl methyl sites for hydroxylation is 2. The van der Waals surface area contributed by atoms with Gasteiger partial charge in [0, 0.05) is 11.3 Å². The fraction of sp³-hybridized carbons (Fsp3) is 0.250. The van der Waals surface area contributed by atoms with Crippen LogP contribution in [0.25, 0.3) is 10.2 Å². The topological polar surface area (TPSA) is 45.8 Å². The maximum atomic E-state index is 12.9. The van der Waals surface area contributed by atoms with Crippen LogP contribution in [0.5, 0.6) is 0 Å². The Balaban J connectivity index is 2.05. The smallest absolute Gasteiger partial charge is 0.259 e. The third kappa shape index (κ3) is 2.61. The zero-order chi connectivity index (χ0) is 15.0. The number of rotatable bonds is 3. The number of thiophene rings is 1. The van der Waals surface area contributed by atoms with Crippen LogP contribution in [0.15, 0.2) is 29.1 Å². The molecule has 3 rings (SSSR count). The van der Waals surface area contributed by atoms with Crippen molar-refractivity contribution in [2.24, 2.45) is 0 Å². The highest BCUT2D eigenvalue weighted by Gasteiger charge is 2.13. The molecule has 0 bridgehead atoms. The van der Waals surface area contributed by atoms with E-state index in [2.05, 4.69) is 9.97 Å². The zero-order valence-electron chi connectivity index (χ0n) is 11.9. The summed E-state index contributed by atoms with van der Waals surface area (Å²) >= 11 is 1.55. The van der Waals surface area contributed by atoms with Gasteiger partial charge in [0.05, 0.1) is 5.39 Å². The van der Waals surface area contributed by atoms with E-state index < -0.39 is 0 Å². The first-order chi connectivity index (χ1) is 10.1. The lowest BCUT2D eigenvalue weighted by Crippen LogP contribution is -2.12. The minimum absolute atomic E-state index is 0.0849. The largest absolute Gasteiger partial charge is 0.310 e. The van der Waals surface area contributed by atoms with Crippen molar-refractivity contribution in [3.8, 4) is 0 Å². The van der Waals surface area contributed by atoms with E-state index in [1.807, 2.05) is 13.8 Å². The maximum Gasteiger partial charge on any atom is 0.259 e. The molecule has 2 aromatic heterocycles. The average molecular weight is 302 g/mol. The minimum atomic E-state index is -0.267. The second kappa shape index (κ2) is 5.41. The molecule has 108 valence electrons. The Kier molecular flexibility index (Phi) is 3.59. The molecule has 1 N–H and O–H groups in total. The molecule has 0 amide bonds. The number of aromatic nitrogens is 2. The van der Waals surface area contributed by atoms with Crippen molar-refractivity contribution < 1.29 is 4.39 Å². The van der Waals surface area contributed by atoms with E-state index in [4.69, 9.17) is 0 Å². The van der Waals surface area contributed by atoms with Crippen molar-refractivity contribution in [3.05, 3.63) is 62.3 Å².